The zero-order chi connectivity index (χ0) is 50.0. The molecule has 2 aliphatic rings. The number of aromatic hydroxyl groups is 1. The van der Waals surface area contributed by atoms with E-state index in [0.29, 0.717) is 69.9 Å². The molecule has 9 N–H and O–H groups in total. The Kier molecular flexibility index (Phi) is 26.7. The number of hydrogen-bond acceptors (Lipinski definition) is 11. The van der Waals surface area contributed by atoms with Gasteiger partial charge in [0.25, 0.3) is 0 Å². The molecule has 0 aromatic heterocycles. The molecular formula is C51H86N8O9. The number of likely N-dealkylation sites (tertiary alicyclic amines) is 2. The van der Waals surface area contributed by atoms with Gasteiger partial charge < -0.3 is 57.1 Å². The molecule has 2 aliphatic heterocycles. The summed E-state index contributed by atoms with van der Waals surface area (Å²) < 4.78 is 0. The molecule has 0 radical (unpaired) electrons. The summed E-state index contributed by atoms with van der Waals surface area (Å²) in [4.78, 5) is 97.8. The van der Waals surface area contributed by atoms with Crippen LogP contribution in [0.15, 0.2) is 24.3 Å². The quantitative estimate of drug-likeness (QED) is 0.0372. The van der Waals surface area contributed by atoms with Crippen LogP contribution >= 0.6 is 0 Å². The average molecular weight is 955 g/mol. The van der Waals surface area contributed by atoms with Gasteiger partial charge in [0.15, 0.2) is 0 Å². The number of aldehydes is 1. The standard InChI is InChI=1S/C51H86N8O9/c1-6-35(3)32-36(4)18-12-10-8-9-11-13-23-45(63)54-41(21-15-29-53-5)47(64)55-40(7-2)50(67)59-31-17-22-43(59)48(65)57-46(44(62)33-37-24-26-39(61)27-25-37)49(66)56-42(20-14-28-52)51(68)58-30-16-19-38(58)34-60/h24-27,34-36,38,40-44,46,53,61-62H,6-23,28-33,52H2,1-5H3,(H,54,63)(H,55,64)(H,56,66)(H,57,65). The van der Waals surface area contributed by atoms with Gasteiger partial charge in [0, 0.05) is 25.9 Å². The Labute approximate surface area is 405 Å². The molecule has 6 amide bonds. The fourth-order valence-electron chi connectivity index (χ4n) is 9.42. The third-order valence-electron chi connectivity index (χ3n) is 13.7. The Morgan fingerprint density at radius 3 is 2.03 bits per heavy atom. The van der Waals surface area contributed by atoms with Crippen LogP contribution in [0.25, 0.3) is 0 Å². The Balaban J connectivity index is 1.67. The minimum absolute atomic E-state index is 0.00341. The second-order valence-corrected chi connectivity index (χ2v) is 19.3. The first-order valence-corrected chi connectivity index (χ1v) is 25.7. The second-order valence-electron chi connectivity index (χ2n) is 19.3. The normalized spacial score (nSPS) is 19.0. The number of unbranched alkanes of at least 4 members (excludes halogenated alkanes) is 5. The Morgan fingerprint density at radius 2 is 1.37 bits per heavy atom. The molecule has 0 bridgehead atoms. The van der Waals surface area contributed by atoms with Crippen LogP contribution in [0.3, 0.4) is 0 Å². The molecule has 1 aromatic rings. The number of benzene rings is 1. The van der Waals surface area contributed by atoms with Gasteiger partial charge in [-0.15, -0.1) is 0 Å². The van der Waals surface area contributed by atoms with Crippen molar-refractivity contribution in [3.63, 3.8) is 0 Å². The zero-order valence-electron chi connectivity index (χ0n) is 41.8. The van der Waals surface area contributed by atoms with Gasteiger partial charge in [0.2, 0.25) is 35.4 Å². The third kappa shape index (κ3) is 19.4. The summed E-state index contributed by atoms with van der Waals surface area (Å²) in [5, 5.41) is 35.7. The highest BCUT2D eigenvalue weighted by Gasteiger charge is 2.41. The monoisotopic (exact) mass is 955 g/mol. The fourth-order valence-corrected chi connectivity index (χ4v) is 9.42. The number of carbonyl (C=O) groups excluding carboxylic acids is 7. The number of rotatable bonds is 33. The molecule has 0 saturated carbocycles. The summed E-state index contributed by atoms with van der Waals surface area (Å²) in [6, 6.07) is -0.197. The summed E-state index contributed by atoms with van der Waals surface area (Å²) in [6.07, 6.45) is 13.0. The molecular weight excluding hydrogens is 869 g/mol. The molecule has 1 aromatic carbocycles. The highest BCUT2D eigenvalue weighted by Crippen LogP contribution is 2.23. The van der Waals surface area contributed by atoms with Gasteiger partial charge >= 0.3 is 0 Å². The van der Waals surface area contributed by atoms with E-state index in [-0.39, 0.29) is 50.4 Å². The number of amides is 6. The van der Waals surface area contributed by atoms with Gasteiger partial charge in [0.05, 0.1) is 12.1 Å². The van der Waals surface area contributed by atoms with Crippen LogP contribution in [0.4, 0.5) is 0 Å². The van der Waals surface area contributed by atoms with E-state index in [1.807, 2.05) is 7.05 Å². The highest BCUT2D eigenvalue weighted by atomic mass is 16.3. The fraction of sp³-hybridized carbons (Fsp3) is 0.745. The second kappa shape index (κ2) is 31.5. The third-order valence-corrected chi connectivity index (χ3v) is 13.7. The predicted octanol–water partition coefficient (Wildman–Crippen LogP) is 3.76. The smallest absolute Gasteiger partial charge is 0.245 e. The van der Waals surface area contributed by atoms with Crippen molar-refractivity contribution < 1.29 is 43.8 Å². The molecule has 17 heteroatoms. The minimum atomic E-state index is -1.58. The Hall–Kier alpha value is -4.61. The van der Waals surface area contributed by atoms with Crippen LogP contribution in [0.1, 0.15) is 155 Å². The van der Waals surface area contributed by atoms with E-state index < -0.39 is 71.9 Å². The first-order valence-electron chi connectivity index (χ1n) is 25.7. The number of phenolic OH excluding ortho intramolecular Hbond substituents is 1. The molecule has 17 nitrogen and oxygen atoms in total. The van der Waals surface area contributed by atoms with Crippen LogP contribution in [0.2, 0.25) is 0 Å². The molecule has 384 valence electrons. The van der Waals surface area contributed by atoms with Crippen LogP contribution in [-0.2, 0) is 40.0 Å². The van der Waals surface area contributed by atoms with Gasteiger partial charge in [-0.3, -0.25) is 28.8 Å². The summed E-state index contributed by atoms with van der Waals surface area (Å²) >= 11 is 0. The molecule has 68 heavy (non-hydrogen) atoms. The maximum absolute atomic E-state index is 14.2. The van der Waals surface area contributed by atoms with E-state index in [0.717, 1.165) is 37.5 Å². The van der Waals surface area contributed by atoms with E-state index >= 15 is 0 Å². The van der Waals surface area contributed by atoms with Gasteiger partial charge in [-0.1, -0.05) is 84.8 Å². The number of aliphatic hydroxyl groups excluding tert-OH is 1. The van der Waals surface area contributed by atoms with Crippen molar-refractivity contribution in [2.24, 2.45) is 17.6 Å². The molecule has 0 spiro atoms. The number of hydrogen-bond donors (Lipinski definition) is 8. The largest absolute Gasteiger partial charge is 0.508 e. The van der Waals surface area contributed by atoms with Crippen LogP contribution < -0.4 is 32.3 Å². The average Bonchev–Trinajstić information content (AvgIpc) is 4.03. The number of aliphatic hydroxyl groups is 1. The molecule has 9 unspecified atom stereocenters. The Bertz CT molecular complexity index is 1720. The lowest BCUT2D eigenvalue weighted by molar-refractivity contribution is -0.143. The van der Waals surface area contributed by atoms with Gasteiger partial charge in [-0.05, 0) is 120 Å². The number of nitrogens with one attached hydrogen (secondary N) is 5. The van der Waals surface area contributed by atoms with Crippen molar-refractivity contribution in [1.82, 2.24) is 36.4 Å². The molecule has 0 aliphatic carbocycles. The molecule has 2 heterocycles. The molecule has 3 rings (SSSR count). The van der Waals surface area contributed by atoms with Crippen molar-refractivity contribution in [1.29, 1.82) is 0 Å². The lowest BCUT2D eigenvalue weighted by Crippen LogP contribution is -2.61. The first-order chi connectivity index (χ1) is 32.7. The van der Waals surface area contributed by atoms with Gasteiger partial charge in [-0.2, -0.15) is 0 Å². The SMILES string of the molecule is CCC(C)CC(C)CCCCCCCCC(=O)NC(CCCNC)C(=O)NC(CC)C(=O)N1CCCC1C(=O)NC(C(=O)NC(CCCN)C(=O)N1CCCC1C=O)C(O)Cc1ccc(O)cc1. The van der Waals surface area contributed by atoms with E-state index in [4.69, 9.17) is 5.73 Å². The van der Waals surface area contributed by atoms with E-state index in [1.54, 1.807) is 19.1 Å². The van der Waals surface area contributed by atoms with Crippen molar-refractivity contribution in [2.75, 3.05) is 33.2 Å². The van der Waals surface area contributed by atoms with Crippen molar-refractivity contribution in [3.8, 4) is 5.75 Å². The number of carbonyl (C=O) groups is 7. The van der Waals surface area contributed by atoms with Crippen LogP contribution in [-0.4, -0.2) is 137 Å². The maximum atomic E-state index is 14.2. The summed E-state index contributed by atoms with van der Waals surface area (Å²) in [7, 11) is 1.81. The van der Waals surface area contributed by atoms with Crippen molar-refractivity contribution >= 4 is 41.7 Å². The number of phenols is 1. The topological polar surface area (TPSA) is 253 Å². The Morgan fingerprint density at radius 1 is 0.735 bits per heavy atom. The van der Waals surface area contributed by atoms with Crippen LogP contribution in [0.5, 0.6) is 5.75 Å². The van der Waals surface area contributed by atoms with E-state index in [1.165, 1.54) is 54.0 Å². The number of nitrogens with two attached hydrogens (primary N) is 1. The molecule has 2 fully saturated rings. The predicted molar refractivity (Wildman–Crippen MR) is 263 cm³/mol. The molecule has 2 saturated heterocycles. The lowest BCUT2D eigenvalue weighted by atomic mass is 9.91. The highest BCUT2D eigenvalue weighted by molar-refractivity contribution is 5.97. The van der Waals surface area contributed by atoms with Gasteiger partial charge in [0.1, 0.15) is 42.2 Å². The first kappa shape index (κ1) is 57.7. The zero-order valence-corrected chi connectivity index (χ0v) is 41.8. The van der Waals surface area contributed by atoms with E-state index in [9.17, 15) is 43.8 Å². The van der Waals surface area contributed by atoms with E-state index in [2.05, 4.69) is 47.4 Å². The minimum Gasteiger partial charge on any atom is -0.508 e. The van der Waals surface area contributed by atoms with Crippen molar-refractivity contribution in [2.45, 2.75) is 198 Å². The van der Waals surface area contributed by atoms with Crippen molar-refractivity contribution in [3.05, 3.63) is 29.8 Å². The summed E-state index contributed by atoms with van der Waals surface area (Å²) in [5.74, 6) is -1.67. The van der Waals surface area contributed by atoms with Crippen LogP contribution in [0, 0.1) is 11.8 Å². The summed E-state index contributed by atoms with van der Waals surface area (Å²) in [5.41, 5.74) is 6.33. The number of nitrogens with zero attached hydrogens (tertiary/aromatic N) is 2. The summed E-state index contributed by atoms with van der Waals surface area (Å²) in [6.45, 7) is 10.1. The lowest BCUT2D eigenvalue weighted by Gasteiger charge is -2.32. The molecule has 9 atom stereocenters. The maximum Gasteiger partial charge on any atom is 0.245 e. The van der Waals surface area contributed by atoms with Gasteiger partial charge in [-0.25, -0.2) is 0 Å².